The zero-order valence-corrected chi connectivity index (χ0v) is 18.1. The minimum absolute atomic E-state index is 0.00195. The van der Waals surface area contributed by atoms with E-state index in [1.54, 1.807) is 13.0 Å². The molecular weight excluding hydrogens is 477 g/mol. The fraction of sp³-hybridized carbons (Fsp3) is 0.154. The zero-order valence-electron chi connectivity index (χ0n) is 18.1. The Hall–Kier alpha value is -3.75. The van der Waals surface area contributed by atoms with Crippen molar-refractivity contribution in [2.75, 3.05) is 13.2 Å². The summed E-state index contributed by atoms with van der Waals surface area (Å²) >= 11 is 0. The van der Waals surface area contributed by atoms with Gasteiger partial charge in [0, 0.05) is 22.6 Å². The maximum atomic E-state index is 15.0. The largest absolute Gasteiger partial charge is 0.494 e. The monoisotopic (exact) mass is 494 g/mol. The standard InChI is InChI=1S/C26H17F7O2/c1-2-34-17-5-8-19(22(28)12-17)15-3-6-18(21(27)10-15)14-4-7-20-16(9-14)11-23(29)25(24(20)30)35-13-26(31,32)33/h3-12H,2,13H2,1H3. The first-order valence-electron chi connectivity index (χ1n) is 10.4. The van der Waals surface area contributed by atoms with Gasteiger partial charge in [0.25, 0.3) is 0 Å². The molecule has 9 heteroatoms. The molecule has 0 saturated heterocycles. The van der Waals surface area contributed by atoms with E-state index in [0.29, 0.717) is 12.4 Å². The number of rotatable bonds is 6. The molecule has 0 radical (unpaired) electrons. The Kier molecular flexibility index (Phi) is 6.60. The van der Waals surface area contributed by atoms with Crippen LogP contribution in [0.15, 0.2) is 60.7 Å². The van der Waals surface area contributed by atoms with E-state index in [9.17, 15) is 30.7 Å². The van der Waals surface area contributed by atoms with Gasteiger partial charge in [-0.05, 0) is 53.8 Å². The summed E-state index contributed by atoms with van der Waals surface area (Å²) in [5, 5.41) is -0.196. The van der Waals surface area contributed by atoms with Crippen LogP contribution < -0.4 is 9.47 Å². The highest BCUT2D eigenvalue weighted by Gasteiger charge is 2.30. The highest BCUT2D eigenvalue weighted by Crippen LogP contribution is 2.35. The van der Waals surface area contributed by atoms with Gasteiger partial charge in [0.15, 0.2) is 24.0 Å². The molecule has 0 aliphatic carbocycles. The van der Waals surface area contributed by atoms with Crippen LogP contribution in [0.5, 0.6) is 11.5 Å². The lowest BCUT2D eigenvalue weighted by atomic mass is 9.97. The molecule has 0 bridgehead atoms. The fourth-order valence-corrected chi connectivity index (χ4v) is 3.67. The number of hydrogen-bond donors (Lipinski definition) is 0. The summed E-state index contributed by atoms with van der Waals surface area (Å²) in [5.41, 5.74) is 0.778. The second-order valence-electron chi connectivity index (χ2n) is 7.61. The average molecular weight is 494 g/mol. The molecule has 0 fully saturated rings. The van der Waals surface area contributed by atoms with E-state index in [1.807, 2.05) is 0 Å². The van der Waals surface area contributed by atoms with Crippen LogP contribution in [0.2, 0.25) is 0 Å². The Morgan fingerprint density at radius 3 is 1.94 bits per heavy atom. The first-order chi connectivity index (χ1) is 16.6. The Labute approximate surface area is 195 Å². The first-order valence-corrected chi connectivity index (χ1v) is 10.4. The summed E-state index contributed by atoms with van der Waals surface area (Å²) in [4.78, 5) is 0. The van der Waals surface area contributed by atoms with Crippen molar-refractivity contribution in [3.63, 3.8) is 0 Å². The first kappa shape index (κ1) is 24.4. The molecule has 0 saturated carbocycles. The van der Waals surface area contributed by atoms with Crippen molar-refractivity contribution in [1.82, 2.24) is 0 Å². The van der Waals surface area contributed by atoms with Crippen LogP contribution in [0.1, 0.15) is 6.92 Å². The summed E-state index contributed by atoms with van der Waals surface area (Å²) in [5.74, 6) is -4.72. The molecule has 0 unspecified atom stereocenters. The summed E-state index contributed by atoms with van der Waals surface area (Å²) in [6.45, 7) is 0.274. The van der Waals surface area contributed by atoms with Gasteiger partial charge in [0.05, 0.1) is 6.61 Å². The van der Waals surface area contributed by atoms with Gasteiger partial charge in [-0.1, -0.05) is 24.3 Å². The molecule has 0 amide bonds. The molecular formula is C26H17F7O2. The van der Waals surface area contributed by atoms with Crippen LogP contribution in [-0.4, -0.2) is 19.4 Å². The average Bonchev–Trinajstić information content (AvgIpc) is 2.78. The molecule has 4 aromatic carbocycles. The molecule has 0 atom stereocenters. The molecule has 0 spiro atoms. The summed E-state index contributed by atoms with van der Waals surface area (Å²) in [6, 6.07) is 12.9. The van der Waals surface area contributed by atoms with Crippen LogP contribution in [0.4, 0.5) is 30.7 Å². The van der Waals surface area contributed by atoms with E-state index in [1.165, 1.54) is 42.5 Å². The van der Waals surface area contributed by atoms with Crippen molar-refractivity contribution in [1.29, 1.82) is 0 Å². The lowest BCUT2D eigenvalue weighted by molar-refractivity contribution is -0.154. The van der Waals surface area contributed by atoms with Gasteiger partial charge in [0.1, 0.15) is 17.4 Å². The molecule has 0 heterocycles. The second kappa shape index (κ2) is 9.48. The predicted molar refractivity (Wildman–Crippen MR) is 117 cm³/mol. The van der Waals surface area contributed by atoms with E-state index in [2.05, 4.69) is 4.74 Å². The Morgan fingerprint density at radius 1 is 0.686 bits per heavy atom. The Morgan fingerprint density at radius 2 is 1.31 bits per heavy atom. The number of benzene rings is 4. The van der Waals surface area contributed by atoms with Crippen molar-refractivity contribution in [3.8, 4) is 33.8 Å². The van der Waals surface area contributed by atoms with Crippen molar-refractivity contribution in [2.24, 2.45) is 0 Å². The summed E-state index contributed by atoms with van der Waals surface area (Å²) < 4.78 is 105. The number of fused-ring (bicyclic) bond motifs is 1. The zero-order chi connectivity index (χ0) is 25.3. The van der Waals surface area contributed by atoms with Crippen LogP contribution in [0.25, 0.3) is 33.0 Å². The summed E-state index contributed by atoms with van der Waals surface area (Å²) in [6.07, 6.45) is -4.77. The quantitative estimate of drug-likeness (QED) is 0.252. The highest BCUT2D eigenvalue weighted by molar-refractivity contribution is 5.89. The summed E-state index contributed by atoms with van der Waals surface area (Å²) in [7, 11) is 0. The van der Waals surface area contributed by atoms with Crippen LogP contribution in [0, 0.1) is 23.3 Å². The van der Waals surface area contributed by atoms with Crippen molar-refractivity contribution in [2.45, 2.75) is 13.1 Å². The number of alkyl halides is 3. The van der Waals surface area contributed by atoms with E-state index in [4.69, 9.17) is 4.74 Å². The maximum Gasteiger partial charge on any atom is 0.422 e. The van der Waals surface area contributed by atoms with Crippen molar-refractivity contribution < 1.29 is 40.2 Å². The molecule has 0 N–H and O–H groups in total. The van der Waals surface area contributed by atoms with E-state index < -0.39 is 41.8 Å². The molecule has 2 nitrogen and oxygen atoms in total. The molecule has 182 valence electrons. The van der Waals surface area contributed by atoms with Gasteiger partial charge < -0.3 is 9.47 Å². The minimum atomic E-state index is -4.77. The number of ether oxygens (including phenoxy) is 2. The van der Waals surface area contributed by atoms with Gasteiger partial charge in [0.2, 0.25) is 0 Å². The van der Waals surface area contributed by atoms with Gasteiger partial charge in [-0.15, -0.1) is 0 Å². The highest BCUT2D eigenvalue weighted by atomic mass is 19.4. The Bertz CT molecular complexity index is 1400. The normalized spacial score (nSPS) is 11.7. The minimum Gasteiger partial charge on any atom is -0.494 e. The third kappa shape index (κ3) is 5.18. The van der Waals surface area contributed by atoms with Gasteiger partial charge in [-0.3, -0.25) is 0 Å². The van der Waals surface area contributed by atoms with E-state index in [-0.39, 0.29) is 33.0 Å². The molecule has 0 aliphatic heterocycles. The second-order valence-corrected chi connectivity index (χ2v) is 7.61. The predicted octanol–water partition coefficient (Wildman–Crippen LogP) is 8.07. The van der Waals surface area contributed by atoms with Gasteiger partial charge in [-0.25, -0.2) is 17.6 Å². The lowest BCUT2D eigenvalue weighted by Gasteiger charge is -2.13. The topological polar surface area (TPSA) is 18.5 Å². The molecule has 0 aliphatic rings. The SMILES string of the molecule is CCOc1ccc(-c2ccc(-c3ccc4c(F)c(OCC(F)(F)F)c(F)cc4c3)c(F)c2)c(F)c1. The molecule has 35 heavy (non-hydrogen) atoms. The van der Waals surface area contributed by atoms with Gasteiger partial charge >= 0.3 is 6.18 Å². The van der Waals surface area contributed by atoms with E-state index >= 15 is 0 Å². The lowest BCUT2D eigenvalue weighted by Crippen LogP contribution is -2.20. The smallest absolute Gasteiger partial charge is 0.422 e. The van der Waals surface area contributed by atoms with Crippen LogP contribution in [-0.2, 0) is 0 Å². The maximum absolute atomic E-state index is 15.0. The molecule has 4 rings (SSSR count). The molecule has 0 aromatic heterocycles. The molecule has 4 aromatic rings. The number of hydrogen-bond acceptors (Lipinski definition) is 2. The van der Waals surface area contributed by atoms with Crippen LogP contribution >= 0.6 is 0 Å². The Balaban J connectivity index is 1.68. The number of halogens is 7. The van der Waals surface area contributed by atoms with Gasteiger partial charge in [-0.2, -0.15) is 13.2 Å². The third-order valence-corrected chi connectivity index (χ3v) is 5.21. The van der Waals surface area contributed by atoms with Crippen molar-refractivity contribution >= 4 is 10.8 Å². The third-order valence-electron chi connectivity index (χ3n) is 5.21. The van der Waals surface area contributed by atoms with Crippen LogP contribution in [0.3, 0.4) is 0 Å². The fourth-order valence-electron chi connectivity index (χ4n) is 3.67. The van der Waals surface area contributed by atoms with Crippen molar-refractivity contribution in [3.05, 3.63) is 83.9 Å². The van der Waals surface area contributed by atoms with E-state index in [0.717, 1.165) is 12.1 Å².